The molecule has 0 aliphatic heterocycles. The van der Waals surface area contributed by atoms with E-state index in [0.717, 1.165) is 23.0 Å². The lowest BCUT2D eigenvalue weighted by atomic mass is 10.2. The van der Waals surface area contributed by atoms with Gasteiger partial charge in [-0.2, -0.15) is 5.10 Å². The van der Waals surface area contributed by atoms with Crippen LogP contribution in [0, 0.1) is 13.8 Å². The molecule has 0 saturated carbocycles. The Hall–Kier alpha value is -2.89. The standard InChI is InChI=1S/C17H18N4O2/c1-12-10-13(2)21(20-12)16-7-5-14(11-18-16)19-17(22)8-6-15-4-3-9-23-15/h3-5,7,9-11H,6,8H2,1-2H3,(H,19,22). The largest absolute Gasteiger partial charge is 0.469 e. The molecule has 3 aromatic rings. The zero-order valence-electron chi connectivity index (χ0n) is 13.1. The van der Waals surface area contributed by atoms with Crippen LogP contribution in [-0.2, 0) is 11.2 Å². The third-order valence-electron chi connectivity index (χ3n) is 3.44. The Morgan fingerprint density at radius 2 is 2.17 bits per heavy atom. The number of aromatic nitrogens is 3. The maximum Gasteiger partial charge on any atom is 0.224 e. The number of carbonyl (C=O) groups is 1. The summed E-state index contributed by atoms with van der Waals surface area (Å²) in [6.07, 6.45) is 4.19. The molecule has 3 rings (SSSR count). The normalized spacial score (nSPS) is 10.7. The van der Waals surface area contributed by atoms with Crippen LogP contribution >= 0.6 is 0 Å². The number of aryl methyl sites for hydroxylation is 3. The lowest BCUT2D eigenvalue weighted by Gasteiger charge is -2.06. The Kier molecular flexibility index (Phi) is 4.23. The molecule has 6 heteroatoms. The maximum absolute atomic E-state index is 11.9. The average molecular weight is 310 g/mol. The molecule has 3 aromatic heterocycles. The van der Waals surface area contributed by atoms with Gasteiger partial charge < -0.3 is 9.73 Å². The molecule has 0 saturated heterocycles. The number of rotatable bonds is 5. The summed E-state index contributed by atoms with van der Waals surface area (Å²) in [5.41, 5.74) is 2.63. The monoisotopic (exact) mass is 310 g/mol. The summed E-state index contributed by atoms with van der Waals surface area (Å²) < 4.78 is 6.99. The van der Waals surface area contributed by atoms with Crippen molar-refractivity contribution in [2.45, 2.75) is 26.7 Å². The second kappa shape index (κ2) is 6.48. The molecule has 0 fully saturated rings. The van der Waals surface area contributed by atoms with Gasteiger partial charge in [-0.15, -0.1) is 0 Å². The molecule has 23 heavy (non-hydrogen) atoms. The van der Waals surface area contributed by atoms with Crippen LogP contribution in [0.5, 0.6) is 0 Å². The van der Waals surface area contributed by atoms with E-state index in [-0.39, 0.29) is 5.91 Å². The summed E-state index contributed by atoms with van der Waals surface area (Å²) in [6.45, 7) is 3.92. The molecule has 0 spiro atoms. The zero-order chi connectivity index (χ0) is 16.2. The number of hydrogen-bond acceptors (Lipinski definition) is 4. The highest BCUT2D eigenvalue weighted by molar-refractivity contribution is 5.90. The van der Waals surface area contributed by atoms with Crippen molar-refractivity contribution in [1.82, 2.24) is 14.8 Å². The molecule has 118 valence electrons. The van der Waals surface area contributed by atoms with Crippen LogP contribution in [0.25, 0.3) is 5.82 Å². The summed E-state index contributed by atoms with van der Waals surface area (Å²) >= 11 is 0. The van der Waals surface area contributed by atoms with E-state index in [1.165, 1.54) is 0 Å². The molecule has 1 N–H and O–H groups in total. The predicted octanol–water partition coefficient (Wildman–Crippen LogP) is 3.05. The Morgan fingerprint density at radius 3 is 2.78 bits per heavy atom. The van der Waals surface area contributed by atoms with Gasteiger partial charge in [0.1, 0.15) is 5.76 Å². The summed E-state index contributed by atoms with van der Waals surface area (Å²) in [7, 11) is 0. The first-order valence-corrected chi connectivity index (χ1v) is 7.44. The number of anilines is 1. The van der Waals surface area contributed by atoms with Crippen LogP contribution < -0.4 is 5.32 Å². The van der Waals surface area contributed by atoms with E-state index >= 15 is 0 Å². The summed E-state index contributed by atoms with van der Waals surface area (Å²) in [4.78, 5) is 16.3. The van der Waals surface area contributed by atoms with Crippen molar-refractivity contribution in [2.75, 3.05) is 5.32 Å². The first kappa shape index (κ1) is 15.0. The third-order valence-corrected chi connectivity index (χ3v) is 3.44. The summed E-state index contributed by atoms with van der Waals surface area (Å²) in [5, 5.41) is 7.22. The SMILES string of the molecule is Cc1cc(C)n(-c2ccc(NC(=O)CCc3ccco3)cn2)n1. The van der Waals surface area contributed by atoms with Crippen LogP contribution in [0.1, 0.15) is 23.6 Å². The Balaban J connectivity index is 1.61. The van der Waals surface area contributed by atoms with Crippen LogP contribution in [0.3, 0.4) is 0 Å². The third kappa shape index (κ3) is 3.66. The van der Waals surface area contributed by atoms with Gasteiger partial charge in [0.15, 0.2) is 5.82 Å². The van der Waals surface area contributed by atoms with Crippen molar-refractivity contribution in [2.24, 2.45) is 0 Å². The van der Waals surface area contributed by atoms with E-state index in [9.17, 15) is 4.79 Å². The van der Waals surface area contributed by atoms with Crippen LogP contribution in [-0.4, -0.2) is 20.7 Å². The van der Waals surface area contributed by atoms with Gasteiger partial charge in [0.25, 0.3) is 0 Å². The highest BCUT2D eigenvalue weighted by Crippen LogP contribution is 2.13. The minimum atomic E-state index is -0.0675. The second-order valence-corrected chi connectivity index (χ2v) is 5.37. The van der Waals surface area contributed by atoms with Crippen molar-refractivity contribution >= 4 is 11.6 Å². The van der Waals surface area contributed by atoms with Gasteiger partial charge in [-0.3, -0.25) is 4.79 Å². The van der Waals surface area contributed by atoms with Gasteiger partial charge >= 0.3 is 0 Å². The topological polar surface area (TPSA) is 73.0 Å². The number of furan rings is 1. The number of pyridine rings is 1. The summed E-state index contributed by atoms with van der Waals surface area (Å²) in [5.74, 6) is 1.46. The molecule has 0 aliphatic carbocycles. The first-order chi connectivity index (χ1) is 11.1. The molecular formula is C17H18N4O2. The van der Waals surface area contributed by atoms with Gasteiger partial charge in [0.2, 0.25) is 5.91 Å². The molecule has 0 atom stereocenters. The second-order valence-electron chi connectivity index (χ2n) is 5.37. The van der Waals surface area contributed by atoms with E-state index in [0.29, 0.717) is 18.5 Å². The molecule has 6 nitrogen and oxygen atoms in total. The van der Waals surface area contributed by atoms with E-state index in [4.69, 9.17) is 4.42 Å². The van der Waals surface area contributed by atoms with Gasteiger partial charge in [-0.05, 0) is 44.2 Å². The van der Waals surface area contributed by atoms with Gasteiger partial charge in [-0.25, -0.2) is 9.67 Å². The fourth-order valence-electron chi connectivity index (χ4n) is 2.36. The highest BCUT2D eigenvalue weighted by Gasteiger charge is 2.07. The molecule has 0 aliphatic rings. The predicted molar refractivity (Wildman–Crippen MR) is 86.5 cm³/mol. The van der Waals surface area contributed by atoms with E-state index in [2.05, 4.69) is 15.4 Å². The average Bonchev–Trinajstić information content (AvgIpc) is 3.15. The van der Waals surface area contributed by atoms with Gasteiger partial charge in [-0.1, -0.05) is 0 Å². The van der Waals surface area contributed by atoms with Crippen molar-refractivity contribution in [3.63, 3.8) is 0 Å². The molecular weight excluding hydrogens is 292 g/mol. The Labute approximate surface area is 134 Å². The molecule has 0 aromatic carbocycles. The number of hydrogen-bond donors (Lipinski definition) is 1. The molecule has 1 amide bonds. The number of carbonyl (C=O) groups excluding carboxylic acids is 1. The zero-order valence-corrected chi connectivity index (χ0v) is 13.1. The van der Waals surface area contributed by atoms with Crippen LogP contribution in [0.4, 0.5) is 5.69 Å². The first-order valence-electron chi connectivity index (χ1n) is 7.44. The Bertz CT molecular complexity index is 789. The highest BCUT2D eigenvalue weighted by atomic mass is 16.3. The van der Waals surface area contributed by atoms with Crippen molar-refractivity contribution in [3.05, 3.63) is 59.9 Å². The van der Waals surface area contributed by atoms with Gasteiger partial charge in [0.05, 0.1) is 23.8 Å². The minimum Gasteiger partial charge on any atom is -0.469 e. The van der Waals surface area contributed by atoms with Gasteiger partial charge in [0, 0.05) is 18.5 Å². The number of nitrogens with zero attached hydrogens (tertiary/aromatic N) is 3. The van der Waals surface area contributed by atoms with E-state index < -0.39 is 0 Å². The quantitative estimate of drug-likeness (QED) is 0.786. The molecule has 0 bridgehead atoms. The number of amides is 1. The van der Waals surface area contributed by atoms with Crippen molar-refractivity contribution in [1.29, 1.82) is 0 Å². The molecule has 0 unspecified atom stereocenters. The Morgan fingerprint density at radius 1 is 1.30 bits per heavy atom. The summed E-state index contributed by atoms with van der Waals surface area (Å²) in [6, 6.07) is 9.32. The minimum absolute atomic E-state index is 0.0675. The molecule has 3 heterocycles. The van der Waals surface area contributed by atoms with E-state index in [1.807, 2.05) is 44.2 Å². The lowest BCUT2D eigenvalue weighted by Crippen LogP contribution is -2.12. The number of nitrogens with one attached hydrogen (secondary N) is 1. The van der Waals surface area contributed by atoms with E-state index in [1.54, 1.807) is 17.1 Å². The maximum atomic E-state index is 11.9. The van der Waals surface area contributed by atoms with Crippen molar-refractivity contribution < 1.29 is 9.21 Å². The van der Waals surface area contributed by atoms with Crippen LogP contribution in [0.15, 0.2) is 47.2 Å². The lowest BCUT2D eigenvalue weighted by molar-refractivity contribution is -0.116. The molecule has 0 radical (unpaired) electrons. The fraction of sp³-hybridized carbons (Fsp3) is 0.235. The fourth-order valence-corrected chi connectivity index (χ4v) is 2.36. The van der Waals surface area contributed by atoms with Crippen molar-refractivity contribution in [3.8, 4) is 5.82 Å². The smallest absolute Gasteiger partial charge is 0.224 e. The van der Waals surface area contributed by atoms with Crippen LogP contribution in [0.2, 0.25) is 0 Å².